The number of ether oxygens (including phenoxy) is 1. The Kier molecular flexibility index (Phi) is 3.79. The minimum absolute atomic E-state index is 0.0325. The first-order chi connectivity index (χ1) is 8.26. The fourth-order valence-electron chi connectivity index (χ4n) is 3.90. The van der Waals surface area contributed by atoms with Gasteiger partial charge in [-0.05, 0) is 53.5 Å². The second-order valence-corrected chi connectivity index (χ2v) is 7.43. The van der Waals surface area contributed by atoms with Crippen LogP contribution < -0.4 is 5.32 Å². The number of morpholine rings is 1. The van der Waals surface area contributed by atoms with Gasteiger partial charge in [0.2, 0.25) is 0 Å². The topological polar surface area (TPSA) is 24.5 Å². The fourth-order valence-corrected chi connectivity index (χ4v) is 3.90. The van der Waals surface area contributed by atoms with Crippen molar-refractivity contribution in [2.45, 2.75) is 70.6 Å². The van der Waals surface area contributed by atoms with Crippen LogP contribution >= 0.6 is 0 Å². The lowest BCUT2D eigenvalue weighted by atomic mass is 9.91. The molecular weight excluding hydrogens is 224 g/mol. The standard InChI is InChI=1S/C15H30N2O/c1-6-15(8-7-9-16-15)12-17-10-13(2,3)18-14(4,5)11-17/h16H,6-12H2,1-5H3. The molecule has 2 saturated heterocycles. The highest BCUT2D eigenvalue weighted by Crippen LogP contribution is 2.31. The molecule has 0 saturated carbocycles. The lowest BCUT2D eigenvalue weighted by Crippen LogP contribution is -2.61. The first-order valence-electron chi connectivity index (χ1n) is 7.44. The molecule has 1 N–H and O–H groups in total. The van der Waals surface area contributed by atoms with Crippen LogP contribution in [0.2, 0.25) is 0 Å². The molecule has 2 rings (SSSR count). The zero-order valence-electron chi connectivity index (χ0n) is 12.8. The third-order valence-electron chi connectivity index (χ3n) is 4.30. The predicted molar refractivity (Wildman–Crippen MR) is 75.9 cm³/mol. The molecule has 2 fully saturated rings. The highest BCUT2D eigenvalue weighted by Gasteiger charge is 2.41. The number of nitrogens with zero attached hydrogens (tertiary/aromatic N) is 1. The molecule has 2 heterocycles. The van der Waals surface area contributed by atoms with Gasteiger partial charge in [-0.3, -0.25) is 4.90 Å². The van der Waals surface area contributed by atoms with Crippen molar-refractivity contribution in [1.82, 2.24) is 10.2 Å². The minimum atomic E-state index is -0.0325. The van der Waals surface area contributed by atoms with Crippen molar-refractivity contribution in [3.8, 4) is 0 Å². The maximum absolute atomic E-state index is 6.16. The summed E-state index contributed by atoms with van der Waals surface area (Å²) in [5.41, 5.74) is 0.286. The lowest BCUT2D eigenvalue weighted by Gasteiger charge is -2.49. The van der Waals surface area contributed by atoms with Crippen LogP contribution in [0.3, 0.4) is 0 Å². The highest BCUT2D eigenvalue weighted by atomic mass is 16.5. The van der Waals surface area contributed by atoms with Crippen LogP contribution in [0, 0.1) is 0 Å². The number of hydrogen-bond acceptors (Lipinski definition) is 3. The number of hydrogen-bond donors (Lipinski definition) is 1. The van der Waals surface area contributed by atoms with E-state index in [1.807, 2.05) is 0 Å². The normalized spacial score (nSPS) is 35.8. The van der Waals surface area contributed by atoms with E-state index in [-0.39, 0.29) is 11.2 Å². The Hall–Kier alpha value is -0.120. The Morgan fingerprint density at radius 3 is 2.17 bits per heavy atom. The molecule has 1 unspecified atom stereocenters. The summed E-state index contributed by atoms with van der Waals surface area (Å²) in [6, 6.07) is 0. The van der Waals surface area contributed by atoms with Crippen molar-refractivity contribution in [2.75, 3.05) is 26.2 Å². The monoisotopic (exact) mass is 254 g/mol. The van der Waals surface area contributed by atoms with E-state index in [2.05, 4.69) is 44.8 Å². The average Bonchev–Trinajstić information content (AvgIpc) is 2.61. The van der Waals surface area contributed by atoms with Crippen molar-refractivity contribution in [3.05, 3.63) is 0 Å². The third-order valence-corrected chi connectivity index (χ3v) is 4.30. The summed E-state index contributed by atoms with van der Waals surface area (Å²) in [5.74, 6) is 0. The molecule has 1 atom stereocenters. The Balaban J connectivity index is 2.04. The molecule has 0 aromatic carbocycles. The zero-order chi connectivity index (χ0) is 13.4. The van der Waals surface area contributed by atoms with Crippen LogP contribution in [0.5, 0.6) is 0 Å². The van der Waals surface area contributed by atoms with E-state index in [4.69, 9.17) is 4.74 Å². The predicted octanol–water partition coefficient (Wildman–Crippen LogP) is 2.41. The summed E-state index contributed by atoms with van der Waals surface area (Å²) in [7, 11) is 0. The van der Waals surface area contributed by atoms with Gasteiger partial charge in [0.25, 0.3) is 0 Å². The van der Waals surface area contributed by atoms with Crippen molar-refractivity contribution in [2.24, 2.45) is 0 Å². The number of nitrogens with one attached hydrogen (secondary N) is 1. The third kappa shape index (κ3) is 3.25. The van der Waals surface area contributed by atoms with Gasteiger partial charge in [-0.25, -0.2) is 0 Å². The summed E-state index contributed by atoms with van der Waals surface area (Å²) in [6.07, 6.45) is 3.87. The van der Waals surface area contributed by atoms with E-state index in [0.29, 0.717) is 5.54 Å². The van der Waals surface area contributed by atoms with Crippen LogP contribution in [0.15, 0.2) is 0 Å². The summed E-state index contributed by atoms with van der Waals surface area (Å²) in [5, 5.41) is 3.74. The maximum Gasteiger partial charge on any atom is 0.0760 e. The average molecular weight is 254 g/mol. The lowest BCUT2D eigenvalue weighted by molar-refractivity contribution is -0.183. The molecule has 0 aliphatic carbocycles. The van der Waals surface area contributed by atoms with Crippen molar-refractivity contribution in [3.63, 3.8) is 0 Å². The zero-order valence-corrected chi connectivity index (χ0v) is 12.8. The SMILES string of the molecule is CCC1(CN2CC(C)(C)OC(C)(C)C2)CCCN1. The molecule has 2 aliphatic rings. The summed E-state index contributed by atoms with van der Waals surface area (Å²) in [6.45, 7) is 15.6. The van der Waals surface area contributed by atoms with Gasteiger partial charge >= 0.3 is 0 Å². The summed E-state index contributed by atoms with van der Waals surface area (Å²) in [4.78, 5) is 2.60. The van der Waals surface area contributed by atoms with Gasteiger partial charge < -0.3 is 10.1 Å². The van der Waals surface area contributed by atoms with Crippen molar-refractivity contribution >= 4 is 0 Å². The van der Waals surface area contributed by atoms with E-state index >= 15 is 0 Å². The van der Waals surface area contributed by atoms with Crippen LogP contribution in [0.25, 0.3) is 0 Å². The smallest absolute Gasteiger partial charge is 0.0760 e. The maximum atomic E-state index is 6.16. The van der Waals surface area contributed by atoms with Gasteiger partial charge in [0.05, 0.1) is 11.2 Å². The molecule has 0 amide bonds. The Morgan fingerprint density at radius 2 is 1.72 bits per heavy atom. The molecule has 3 heteroatoms. The largest absolute Gasteiger partial charge is 0.367 e. The molecule has 0 spiro atoms. The van der Waals surface area contributed by atoms with Crippen molar-refractivity contribution in [1.29, 1.82) is 0 Å². The molecule has 18 heavy (non-hydrogen) atoms. The van der Waals surface area contributed by atoms with Crippen LogP contribution in [0.1, 0.15) is 53.9 Å². The molecule has 0 aromatic rings. The van der Waals surface area contributed by atoms with E-state index in [1.165, 1.54) is 32.4 Å². The molecule has 0 bridgehead atoms. The minimum Gasteiger partial charge on any atom is -0.367 e. The second-order valence-electron chi connectivity index (χ2n) is 7.43. The molecule has 3 nitrogen and oxygen atoms in total. The van der Waals surface area contributed by atoms with E-state index in [1.54, 1.807) is 0 Å². The van der Waals surface area contributed by atoms with Gasteiger partial charge in [0.1, 0.15) is 0 Å². The van der Waals surface area contributed by atoms with Gasteiger partial charge in [0.15, 0.2) is 0 Å². The van der Waals surface area contributed by atoms with Gasteiger partial charge in [-0.2, -0.15) is 0 Å². The molecule has 2 aliphatic heterocycles. The van der Waals surface area contributed by atoms with Gasteiger partial charge in [-0.1, -0.05) is 6.92 Å². The molecule has 0 aromatic heterocycles. The van der Waals surface area contributed by atoms with Crippen molar-refractivity contribution < 1.29 is 4.74 Å². The first-order valence-corrected chi connectivity index (χ1v) is 7.44. The Bertz CT molecular complexity index is 277. The molecular formula is C15H30N2O. The van der Waals surface area contributed by atoms with E-state index in [9.17, 15) is 0 Å². The van der Waals surface area contributed by atoms with E-state index in [0.717, 1.165) is 13.1 Å². The second kappa shape index (κ2) is 4.77. The highest BCUT2D eigenvalue weighted by molar-refractivity contribution is 4.98. The summed E-state index contributed by atoms with van der Waals surface area (Å²) >= 11 is 0. The summed E-state index contributed by atoms with van der Waals surface area (Å²) < 4.78 is 6.16. The number of rotatable bonds is 3. The Labute approximate surface area is 112 Å². The van der Waals surface area contributed by atoms with Crippen LogP contribution in [-0.4, -0.2) is 47.8 Å². The van der Waals surface area contributed by atoms with Gasteiger partial charge in [-0.15, -0.1) is 0 Å². The van der Waals surface area contributed by atoms with Gasteiger partial charge in [0, 0.05) is 25.2 Å². The molecule has 106 valence electrons. The quantitative estimate of drug-likeness (QED) is 0.837. The first kappa shape index (κ1) is 14.3. The fraction of sp³-hybridized carbons (Fsp3) is 1.00. The van der Waals surface area contributed by atoms with E-state index < -0.39 is 0 Å². The Morgan fingerprint density at radius 1 is 1.11 bits per heavy atom. The van der Waals surface area contributed by atoms with Crippen LogP contribution in [-0.2, 0) is 4.74 Å². The van der Waals surface area contributed by atoms with Crippen LogP contribution in [0.4, 0.5) is 0 Å². The molecule has 0 radical (unpaired) electrons.